The zero-order valence-electron chi connectivity index (χ0n) is 33.9. The van der Waals surface area contributed by atoms with Crippen LogP contribution in [0.2, 0.25) is 0 Å². The fraction of sp³-hybridized carbons (Fsp3) is 0.850. The van der Waals surface area contributed by atoms with Gasteiger partial charge in [0.05, 0.1) is 34.9 Å². The van der Waals surface area contributed by atoms with Gasteiger partial charge in [0, 0.05) is 29.5 Å². The first kappa shape index (κ1) is 41.2. The molecule has 0 aromatic rings. The van der Waals surface area contributed by atoms with Crippen LogP contribution in [0.4, 0.5) is 4.79 Å². The number of Topliss-reactive ketones (excluding diaryl/α,β-unsaturated/α-hetero) is 1. The summed E-state index contributed by atoms with van der Waals surface area (Å²) < 4.78 is 32.6. The fourth-order valence-electron chi connectivity index (χ4n) is 9.40. The maximum atomic E-state index is 14.5. The summed E-state index contributed by atoms with van der Waals surface area (Å²) in [5.74, 6) is -0.901. The molecular formula is C40H65N3O8. The van der Waals surface area contributed by atoms with E-state index in [0.717, 1.165) is 12.1 Å². The average Bonchev–Trinajstić information content (AvgIpc) is 3.30. The number of nitrogens with zero attached hydrogens (tertiary/aromatic N) is 3. The minimum atomic E-state index is -1.22. The number of terminal acetylenes is 1. The molecule has 0 unspecified atom stereocenters. The standard InChI is InChI=1S/C40H65N3O8/c1-17-19-47-39(13)21-22(3)30-25(6)32-40(14,51-36(46)43(32)38(11,12)37(9,10)41-30)29(18-2)49-34(45)27(8)31(44)26(7)33(39)50-35-24(5)28(42(15)16)20-23(4)48-35/h1,22-29,32-33,35H,18-21H2,2-16H3/t22-,23-,24-,25+,26+,27-,28+,29-,32-,33-,35+,39+,40-/m1/s1. The third kappa shape index (κ3) is 7.24. The molecule has 11 nitrogen and oxygen atoms in total. The van der Waals surface area contributed by atoms with E-state index in [4.69, 9.17) is 35.1 Å². The second kappa shape index (κ2) is 14.7. The molecule has 3 saturated heterocycles. The molecule has 51 heavy (non-hydrogen) atoms. The molecule has 0 aliphatic carbocycles. The molecule has 1 amide bonds. The van der Waals surface area contributed by atoms with E-state index in [1.165, 1.54) is 0 Å². The van der Waals surface area contributed by atoms with Crippen molar-refractivity contribution in [3.63, 3.8) is 0 Å². The molecule has 4 aliphatic heterocycles. The molecule has 4 heterocycles. The van der Waals surface area contributed by atoms with E-state index in [1.807, 2.05) is 60.3 Å². The number of cyclic esters (lactones) is 1. The Morgan fingerprint density at radius 2 is 1.63 bits per heavy atom. The Hall–Kier alpha value is -2.52. The van der Waals surface area contributed by atoms with Crippen LogP contribution in [-0.2, 0) is 33.3 Å². The summed E-state index contributed by atoms with van der Waals surface area (Å²) in [5.41, 5.74) is -2.98. The summed E-state index contributed by atoms with van der Waals surface area (Å²) in [7, 11) is 4.10. The molecule has 0 aromatic heterocycles. The Morgan fingerprint density at radius 3 is 2.20 bits per heavy atom. The molecule has 0 saturated carbocycles. The summed E-state index contributed by atoms with van der Waals surface area (Å²) in [4.78, 5) is 51.9. The number of hydrogen-bond donors (Lipinski definition) is 0. The van der Waals surface area contributed by atoms with Crippen molar-refractivity contribution < 1.29 is 38.1 Å². The van der Waals surface area contributed by atoms with Crippen LogP contribution in [0.1, 0.15) is 109 Å². The van der Waals surface area contributed by atoms with Crippen molar-refractivity contribution in [2.75, 3.05) is 20.7 Å². The van der Waals surface area contributed by atoms with Gasteiger partial charge in [0.15, 0.2) is 17.7 Å². The van der Waals surface area contributed by atoms with Crippen LogP contribution in [0.5, 0.6) is 0 Å². The Balaban J connectivity index is 1.95. The predicted octanol–water partition coefficient (Wildman–Crippen LogP) is 5.91. The van der Waals surface area contributed by atoms with E-state index in [9.17, 15) is 14.4 Å². The van der Waals surface area contributed by atoms with Gasteiger partial charge in [-0.1, -0.05) is 40.5 Å². The van der Waals surface area contributed by atoms with Crippen molar-refractivity contribution in [1.29, 1.82) is 0 Å². The largest absolute Gasteiger partial charge is 0.458 e. The van der Waals surface area contributed by atoms with Gasteiger partial charge in [-0.3, -0.25) is 19.5 Å². The van der Waals surface area contributed by atoms with E-state index in [2.05, 4.69) is 45.7 Å². The van der Waals surface area contributed by atoms with Gasteiger partial charge in [-0.05, 0) is 94.7 Å². The minimum Gasteiger partial charge on any atom is -0.458 e. The van der Waals surface area contributed by atoms with Crippen molar-refractivity contribution in [1.82, 2.24) is 9.80 Å². The molecule has 13 atom stereocenters. The summed E-state index contributed by atoms with van der Waals surface area (Å²) in [5, 5.41) is 0. The lowest BCUT2D eigenvalue weighted by Gasteiger charge is -2.48. The monoisotopic (exact) mass is 715 g/mol. The topological polar surface area (TPSA) is 116 Å². The summed E-state index contributed by atoms with van der Waals surface area (Å²) in [6.45, 7) is 25.4. The second-order valence-corrected chi connectivity index (χ2v) is 17.5. The van der Waals surface area contributed by atoms with Gasteiger partial charge in [-0.25, -0.2) is 4.79 Å². The zero-order chi connectivity index (χ0) is 38.6. The first-order valence-electron chi connectivity index (χ1n) is 18.9. The number of esters is 1. The van der Waals surface area contributed by atoms with Gasteiger partial charge >= 0.3 is 12.1 Å². The molecule has 11 heteroatoms. The number of rotatable bonds is 6. The highest BCUT2D eigenvalue weighted by Crippen LogP contribution is 2.50. The second-order valence-electron chi connectivity index (χ2n) is 17.5. The Morgan fingerprint density at radius 1 is 1.00 bits per heavy atom. The smallest absolute Gasteiger partial charge is 0.411 e. The van der Waals surface area contributed by atoms with Crippen LogP contribution < -0.4 is 0 Å². The van der Waals surface area contributed by atoms with E-state index in [0.29, 0.717) is 12.8 Å². The lowest BCUT2D eigenvalue weighted by Crippen LogP contribution is -2.63. The van der Waals surface area contributed by atoms with Crippen molar-refractivity contribution in [3.8, 4) is 12.3 Å². The lowest BCUT2D eigenvalue weighted by molar-refractivity contribution is -0.282. The normalized spacial score (nSPS) is 43.0. The Kier molecular flexibility index (Phi) is 11.9. The van der Waals surface area contributed by atoms with Gasteiger partial charge in [0.2, 0.25) is 0 Å². The molecule has 0 radical (unpaired) electrons. The molecule has 288 valence electrons. The first-order chi connectivity index (χ1) is 23.5. The van der Waals surface area contributed by atoms with Crippen LogP contribution in [0.3, 0.4) is 0 Å². The van der Waals surface area contributed by atoms with Gasteiger partial charge in [0.1, 0.15) is 18.6 Å². The van der Waals surface area contributed by atoms with Crippen molar-refractivity contribution in [2.45, 2.75) is 168 Å². The highest BCUT2D eigenvalue weighted by molar-refractivity contribution is 6.00. The molecule has 0 aromatic carbocycles. The third-order valence-corrected chi connectivity index (χ3v) is 13.0. The van der Waals surface area contributed by atoms with E-state index >= 15 is 0 Å². The fourth-order valence-corrected chi connectivity index (χ4v) is 9.40. The average molecular weight is 716 g/mol. The number of amides is 1. The number of hydrogen-bond acceptors (Lipinski definition) is 10. The SMILES string of the molecule is C#CCO[C@@]1(C)C[C@@H](C)C2=NC(C)(C)C(C)(C)N3C(=O)O[C@](C)([C@@H](CC)OC(=O)[C@H](C)C(=O)[C@H](C)[C@H]1O[C@@H]1O[C@H](C)C[C@H](N(C)C)[C@H]1C)[C@H]3[C@H]2C. The van der Waals surface area contributed by atoms with Crippen molar-refractivity contribution in [3.05, 3.63) is 0 Å². The number of carbonyl (C=O) groups is 3. The maximum Gasteiger partial charge on any atom is 0.411 e. The van der Waals surface area contributed by atoms with E-state index in [-0.39, 0.29) is 42.3 Å². The Bertz CT molecular complexity index is 1400. The molecule has 4 rings (SSSR count). The number of ketones is 1. The lowest BCUT2D eigenvalue weighted by atomic mass is 9.72. The first-order valence-corrected chi connectivity index (χ1v) is 18.9. The van der Waals surface area contributed by atoms with Gasteiger partial charge in [0.25, 0.3) is 0 Å². The molecule has 4 aliphatic rings. The van der Waals surface area contributed by atoms with Crippen LogP contribution in [0.25, 0.3) is 0 Å². The van der Waals surface area contributed by atoms with Gasteiger partial charge in [-0.15, -0.1) is 6.42 Å². The maximum absolute atomic E-state index is 14.5. The number of aliphatic imine (C=N–C) groups is 1. The molecule has 2 bridgehead atoms. The zero-order valence-corrected chi connectivity index (χ0v) is 33.9. The molecular weight excluding hydrogens is 650 g/mol. The van der Waals surface area contributed by atoms with E-state index in [1.54, 1.807) is 13.8 Å². The molecule has 0 spiro atoms. The van der Waals surface area contributed by atoms with Gasteiger partial charge in [-0.2, -0.15) is 0 Å². The predicted molar refractivity (Wildman–Crippen MR) is 196 cm³/mol. The molecule has 0 N–H and O–H groups in total. The van der Waals surface area contributed by atoms with Crippen molar-refractivity contribution in [2.24, 2.45) is 34.6 Å². The van der Waals surface area contributed by atoms with Crippen molar-refractivity contribution >= 4 is 23.6 Å². The number of fused-ring (bicyclic) bond motifs is 1. The van der Waals surface area contributed by atoms with Crippen LogP contribution in [-0.4, -0.2) is 113 Å². The number of carbonyl (C=O) groups excluding carboxylic acids is 3. The van der Waals surface area contributed by atoms with Crippen LogP contribution in [0.15, 0.2) is 4.99 Å². The van der Waals surface area contributed by atoms with Crippen LogP contribution in [0, 0.1) is 41.9 Å². The molecule has 3 fully saturated rings. The summed E-state index contributed by atoms with van der Waals surface area (Å²) in [6, 6.07) is -0.347. The van der Waals surface area contributed by atoms with Gasteiger partial charge < -0.3 is 28.6 Å². The minimum absolute atomic E-state index is 0.0189. The summed E-state index contributed by atoms with van der Waals surface area (Å²) in [6.07, 6.45) is 4.52. The summed E-state index contributed by atoms with van der Waals surface area (Å²) >= 11 is 0. The number of ether oxygens (including phenoxy) is 5. The highest BCUT2D eigenvalue weighted by atomic mass is 16.7. The van der Waals surface area contributed by atoms with Crippen LogP contribution >= 0.6 is 0 Å². The third-order valence-electron chi connectivity index (χ3n) is 13.0. The van der Waals surface area contributed by atoms with E-state index < -0.39 is 70.7 Å². The quantitative estimate of drug-likeness (QED) is 0.188. The highest BCUT2D eigenvalue weighted by Gasteiger charge is 2.66. The Labute approximate surface area is 306 Å².